The predicted molar refractivity (Wildman–Crippen MR) is 56.9 cm³/mol. The molecule has 2 N–H and O–H groups in total. The van der Waals surface area contributed by atoms with Crippen molar-refractivity contribution in [2.24, 2.45) is 5.92 Å². The molecule has 0 spiro atoms. The van der Waals surface area contributed by atoms with Crippen LogP contribution in [0.3, 0.4) is 0 Å². The van der Waals surface area contributed by atoms with Gasteiger partial charge in [-0.3, -0.25) is 0 Å². The fourth-order valence-electron chi connectivity index (χ4n) is 0.337. The maximum Gasteiger partial charge on any atom is 0.0509 e. The SMILES string of the molecule is CCC.CCO.COCC(C)CO. The number of aliphatic hydroxyl groups is 2. The Morgan fingerprint density at radius 3 is 1.54 bits per heavy atom. The zero-order chi connectivity index (χ0) is 11.1. The van der Waals surface area contributed by atoms with E-state index >= 15 is 0 Å². The molecule has 3 heteroatoms. The van der Waals surface area contributed by atoms with Gasteiger partial charge in [0.05, 0.1) is 6.61 Å². The highest BCUT2D eigenvalue weighted by atomic mass is 16.5. The van der Waals surface area contributed by atoms with Crippen LogP contribution in [0.2, 0.25) is 0 Å². The van der Waals surface area contributed by atoms with Crippen LogP contribution in [-0.2, 0) is 4.74 Å². The lowest BCUT2D eigenvalue weighted by Crippen LogP contribution is -2.07. The van der Waals surface area contributed by atoms with Crippen LogP contribution >= 0.6 is 0 Å². The Bertz CT molecular complexity index is 56.1. The van der Waals surface area contributed by atoms with Gasteiger partial charge in [0.2, 0.25) is 0 Å². The van der Waals surface area contributed by atoms with Crippen LogP contribution < -0.4 is 0 Å². The normalized spacial score (nSPS) is 10.4. The van der Waals surface area contributed by atoms with Crippen molar-refractivity contribution in [3.05, 3.63) is 0 Å². The van der Waals surface area contributed by atoms with Gasteiger partial charge in [-0.25, -0.2) is 0 Å². The molecule has 0 fully saturated rings. The van der Waals surface area contributed by atoms with Crippen molar-refractivity contribution >= 4 is 0 Å². The van der Waals surface area contributed by atoms with Gasteiger partial charge in [0.15, 0.2) is 0 Å². The van der Waals surface area contributed by atoms with E-state index in [1.165, 1.54) is 6.42 Å². The zero-order valence-electron chi connectivity index (χ0n) is 9.71. The maximum absolute atomic E-state index is 8.39. The molecule has 0 aromatic rings. The molecule has 0 saturated carbocycles. The number of ether oxygens (including phenoxy) is 1. The minimum Gasteiger partial charge on any atom is -0.397 e. The topological polar surface area (TPSA) is 49.7 Å². The third-order valence-corrected chi connectivity index (χ3v) is 0.763. The van der Waals surface area contributed by atoms with Crippen LogP contribution in [0.15, 0.2) is 0 Å². The highest BCUT2D eigenvalue weighted by molar-refractivity contribution is 4.43. The number of aliphatic hydroxyl groups excluding tert-OH is 2. The van der Waals surface area contributed by atoms with E-state index in [0.29, 0.717) is 6.61 Å². The Hall–Kier alpha value is -0.120. The lowest BCUT2D eigenvalue weighted by atomic mass is 10.2. The molecule has 0 radical (unpaired) electrons. The molecule has 0 aromatic carbocycles. The Morgan fingerprint density at radius 2 is 1.46 bits per heavy atom. The van der Waals surface area contributed by atoms with Gasteiger partial charge in [-0.15, -0.1) is 0 Å². The second kappa shape index (κ2) is 22.6. The summed E-state index contributed by atoms with van der Waals surface area (Å²) in [7, 11) is 1.63. The first kappa shape index (κ1) is 18.6. The van der Waals surface area contributed by atoms with Gasteiger partial charge in [0, 0.05) is 26.2 Å². The van der Waals surface area contributed by atoms with Gasteiger partial charge in [0.1, 0.15) is 0 Å². The van der Waals surface area contributed by atoms with Crippen molar-refractivity contribution in [2.75, 3.05) is 26.9 Å². The Morgan fingerprint density at radius 1 is 1.15 bits per heavy atom. The molecule has 3 nitrogen and oxygen atoms in total. The summed E-state index contributed by atoms with van der Waals surface area (Å²) in [6, 6.07) is 0. The van der Waals surface area contributed by atoms with E-state index in [9.17, 15) is 0 Å². The van der Waals surface area contributed by atoms with E-state index in [2.05, 4.69) is 13.8 Å². The molecular formula is C10H26O3. The summed E-state index contributed by atoms with van der Waals surface area (Å²) in [5, 5.41) is 16.0. The molecule has 0 heterocycles. The molecule has 0 aliphatic carbocycles. The van der Waals surface area contributed by atoms with Crippen LogP contribution in [0.5, 0.6) is 0 Å². The minimum atomic E-state index is 0.216. The van der Waals surface area contributed by atoms with Crippen molar-refractivity contribution in [1.82, 2.24) is 0 Å². The molecule has 0 bridgehead atoms. The molecule has 0 aliphatic heterocycles. The molecule has 0 aromatic heterocycles. The second-order valence-corrected chi connectivity index (χ2v) is 2.77. The molecule has 84 valence electrons. The second-order valence-electron chi connectivity index (χ2n) is 2.77. The van der Waals surface area contributed by atoms with Crippen LogP contribution in [0, 0.1) is 5.92 Å². The molecule has 13 heavy (non-hydrogen) atoms. The van der Waals surface area contributed by atoms with Gasteiger partial charge in [-0.05, 0) is 6.92 Å². The van der Waals surface area contributed by atoms with E-state index in [0.717, 1.165) is 0 Å². The smallest absolute Gasteiger partial charge is 0.0509 e. The largest absolute Gasteiger partial charge is 0.397 e. The first-order valence-corrected chi connectivity index (χ1v) is 4.84. The lowest BCUT2D eigenvalue weighted by Gasteiger charge is -2.02. The van der Waals surface area contributed by atoms with E-state index in [1.807, 2.05) is 6.92 Å². The highest BCUT2D eigenvalue weighted by Gasteiger charge is 1.94. The lowest BCUT2D eigenvalue weighted by molar-refractivity contribution is 0.119. The number of hydrogen-bond acceptors (Lipinski definition) is 3. The average Bonchev–Trinajstić information content (AvgIpc) is 2.07. The zero-order valence-corrected chi connectivity index (χ0v) is 9.71. The Labute approximate surface area is 82.7 Å². The molecule has 0 saturated heterocycles. The Kier molecular flexibility index (Phi) is 32.4. The fraction of sp³-hybridized carbons (Fsp3) is 1.00. The minimum absolute atomic E-state index is 0.216. The summed E-state index contributed by atoms with van der Waals surface area (Å²) in [4.78, 5) is 0. The monoisotopic (exact) mass is 194 g/mol. The molecular weight excluding hydrogens is 168 g/mol. The molecule has 0 amide bonds. The van der Waals surface area contributed by atoms with Gasteiger partial charge >= 0.3 is 0 Å². The third kappa shape index (κ3) is 48.7. The number of hydrogen-bond donors (Lipinski definition) is 2. The summed E-state index contributed by atoms with van der Waals surface area (Å²) in [5.41, 5.74) is 0. The van der Waals surface area contributed by atoms with E-state index < -0.39 is 0 Å². The molecule has 0 aliphatic rings. The maximum atomic E-state index is 8.39. The van der Waals surface area contributed by atoms with Gasteiger partial charge in [-0.1, -0.05) is 27.2 Å². The standard InChI is InChI=1S/C5H12O2.C3H8.C2H6O/c1-5(3-6)4-7-2;1-3-2;1-2-3/h5-6H,3-4H2,1-2H3;3H2,1-2H3;3H,2H2,1H3. The molecule has 1 atom stereocenters. The first-order valence-electron chi connectivity index (χ1n) is 4.84. The van der Waals surface area contributed by atoms with Crippen LogP contribution in [0.1, 0.15) is 34.1 Å². The van der Waals surface area contributed by atoms with Crippen molar-refractivity contribution in [1.29, 1.82) is 0 Å². The summed E-state index contributed by atoms with van der Waals surface area (Å²) in [5.74, 6) is 0.282. The summed E-state index contributed by atoms with van der Waals surface area (Å²) in [6.07, 6.45) is 1.25. The number of rotatable bonds is 3. The average molecular weight is 194 g/mol. The fourth-order valence-corrected chi connectivity index (χ4v) is 0.337. The van der Waals surface area contributed by atoms with Gasteiger partial charge < -0.3 is 14.9 Å². The highest BCUT2D eigenvalue weighted by Crippen LogP contribution is 1.89. The number of methoxy groups -OCH3 is 1. The van der Waals surface area contributed by atoms with Crippen LogP contribution in [0.25, 0.3) is 0 Å². The summed E-state index contributed by atoms with van der Waals surface area (Å²) < 4.78 is 4.73. The quantitative estimate of drug-likeness (QED) is 0.718. The molecule has 0 rings (SSSR count). The van der Waals surface area contributed by atoms with E-state index in [-0.39, 0.29) is 19.1 Å². The van der Waals surface area contributed by atoms with E-state index in [1.54, 1.807) is 14.0 Å². The van der Waals surface area contributed by atoms with Crippen molar-refractivity contribution in [3.8, 4) is 0 Å². The van der Waals surface area contributed by atoms with Crippen LogP contribution in [-0.4, -0.2) is 37.1 Å². The first-order chi connectivity index (χ1) is 6.14. The van der Waals surface area contributed by atoms with Crippen molar-refractivity contribution < 1.29 is 14.9 Å². The molecule has 1 unspecified atom stereocenters. The van der Waals surface area contributed by atoms with Crippen LogP contribution in [0.4, 0.5) is 0 Å². The third-order valence-electron chi connectivity index (χ3n) is 0.763. The van der Waals surface area contributed by atoms with Crippen molar-refractivity contribution in [2.45, 2.75) is 34.1 Å². The summed E-state index contributed by atoms with van der Waals surface area (Å²) >= 11 is 0. The van der Waals surface area contributed by atoms with Crippen molar-refractivity contribution in [3.63, 3.8) is 0 Å². The van der Waals surface area contributed by atoms with Gasteiger partial charge in [-0.2, -0.15) is 0 Å². The van der Waals surface area contributed by atoms with E-state index in [4.69, 9.17) is 14.9 Å². The predicted octanol–water partition coefficient (Wildman–Crippen LogP) is 1.68. The Balaban J connectivity index is -0.000000140. The summed E-state index contributed by atoms with van der Waals surface area (Å²) in [6.45, 7) is 8.98. The van der Waals surface area contributed by atoms with Gasteiger partial charge in [0.25, 0.3) is 0 Å².